The van der Waals surface area contributed by atoms with Gasteiger partial charge in [0.25, 0.3) is 0 Å². The van der Waals surface area contributed by atoms with Crippen molar-refractivity contribution in [2.45, 2.75) is 47.2 Å². The molecule has 1 unspecified atom stereocenters. The van der Waals surface area contributed by atoms with Crippen LogP contribution in [0.25, 0.3) is 0 Å². The molecular formula is C22H28FN3O3. The molecule has 7 heteroatoms. The normalized spacial score (nSPS) is 12.1. The number of benzene rings is 1. The number of likely N-dealkylation sites (N-methyl/N-ethyl adjacent to an activating group) is 1. The van der Waals surface area contributed by atoms with Gasteiger partial charge in [-0.3, -0.25) is 19.3 Å². The Hall–Kier alpha value is -2.80. The van der Waals surface area contributed by atoms with Gasteiger partial charge in [-0.25, -0.2) is 4.39 Å². The number of nitrogens with zero attached hydrogens (tertiary/aromatic N) is 1. The number of amides is 1. The topological polar surface area (TPSA) is 82.3 Å². The third-order valence-corrected chi connectivity index (χ3v) is 5.12. The van der Waals surface area contributed by atoms with Crippen LogP contribution >= 0.6 is 0 Å². The van der Waals surface area contributed by atoms with Crippen LogP contribution in [0.3, 0.4) is 0 Å². The highest BCUT2D eigenvalue weighted by Gasteiger charge is 2.27. The number of Topliss-reactive ketones (excluding diaryl/α,β-unsaturated/α-hetero) is 2. The maximum Gasteiger partial charge on any atom is 0.234 e. The lowest BCUT2D eigenvalue weighted by Gasteiger charge is -2.26. The predicted octanol–water partition coefficient (Wildman–Crippen LogP) is 3.18. The molecule has 0 saturated heterocycles. The maximum atomic E-state index is 13.0. The summed E-state index contributed by atoms with van der Waals surface area (Å²) in [5.74, 6) is -0.797. The highest BCUT2D eigenvalue weighted by atomic mass is 19.1. The molecule has 1 heterocycles. The number of aromatic amines is 1. The van der Waals surface area contributed by atoms with E-state index in [0.717, 1.165) is 5.56 Å². The molecule has 2 N–H and O–H groups in total. The largest absolute Gasteiger partial charge is 0.355 e. The number of H-pyrrole nitrogens is 1. The molecule has 0 aliphatic carbocycles. The van der Waals surface area contributed by atoms with E-state index >= 15 is 0 Å². The standard InChI is InChI=1S/C22H28FN3O3/c1-6-26(12-19(28)24-11-17-7-9-18(23)10-8-17)15(4)22(29)21-13(2)20(16(5)27)14(3)25-21/h7-10,15,25H,6,11-12H2,1-5H3,(H,24,28). The zero-order chi connectivity index (χ0) is 21.7. The second kappa shape index (κ2) is 9.60. The monoisotopic (exact) mass is 401 g/mol. The molecule has 0 spiro atoms. The van der Waals surface area contributed by atoms with Crippen LogP contribution in [0.4, 0.5) is 4.39 Å². The Kier molecular flexibility index (Phi) is 7.45. The van der Waals surface area contributed by atoms with Crippen LogP contribution in [0.2, 0.25) is 0 Å². The van der Waals surface area contributed by atoms with Gasteiger partial charge >= 0.3 is 0 Å². The maximum absolute atomic E-state index is 13.0. The van der Waals surface area contributed by atoms with Gasteiger partial charge in [-0.2, -0.15) is 0 Å². The lowest BCUT2D eigenvalue weighted by Crippen LogP contribution is -2.45. The summed E-state index contributed by atoms with van der Waals surface area (Å²) in [7, 11) is 0. The van der Waals surface area contributed by atoms with Crippen molar-refractivity contribution in [3.05, 3.63) is 58.2 Å². The van der Waals surface area contributed by atoms with E-state index in [0.29, 0.717) is 29.1 Å². The molecule has 1 aromatic carbocycles. The zero-order valence-corrected chi connectivity index (χ0v) is 17.6. The molecule has 0 fully saturated rings. The van der Waals surface area contributed by atoms with E-state index in [2.05, 4.69) is 10.3 Å². The first kappa shape index (κ1) is 22.5. The molecule has 1 aromatic heterocycles. The van der Waals surface area contributed by atoms with Gasteiger partial charge in [0.2, 0.25) is 5.91 Å². The van der Waals surface area contributed by atoms with E-state index in [1.54, 1.807) is 37.8 Å². The fourth-order valence-electron chi connectivity index (χ4n) is 3.47. The Bertz CT molecular complexity index is 903. The van der Waals surface area contributed by atoms with Gasteiger partial charge in [-0.1, -0.05) is 19.1 Å². The zero-order valence-electron chi connectivity index (χ0n) is 17.6. The number of carbonyl (C=O) groups is 3. The van der Waals surface area contributed by atoms with Crippen LogP contribution < -0.4 is 5.32 Å². The molecule has 1 atom stereocenters. The average molecular weight is 401 g/mol. The molecule has 156 valence electrons. The molecule has 0 aliphatic heterocycles. The van der Waals surface area contributed by atoms with Crippen molar-refractivity contribution in [2.75, 3.05) is 13.1 Å². The van der Waals surface area contributed by atoms with Gasteiger partial charge in [-0.05, 0) is 57.5 Å². The quantitative estimate of drug-likeness (QED) is 0.632. The van der Waals surface area contributed by atoms with Crippen LogP contribution in [0, 0.1) is 19.7 Å². The van der Waals surface area contributed by atoms with Gasteiger partial charge < -0.3 is 10.3 Å². The molecule has 0 radical (unpaired) electrons. The smallest absolute Gasteiger partial charge is 0.234 e. The van der Waals surface area contributed by atoms with Gasteiger partial charge in [0.15, 0.2) is 11.6 Å². The number of hydrogen-bond acceptors (Lipinski definition) is 4. The van der Waals surface area contributed by atoms with Gasteiger partial charge in [-0.15, -0.1) is 0 Å². The first-order valence-corrected chi connectivity index (χ1v) is 9.65. The number of halogens is 1. The number of rotatable bonds is 9. The molecule has 0 saturated carbocycles. The molecule has 2 aromatic rings. The molecular weight excluding hydrogens is 373 g/mol. The fourth-order valence-corrected chi connectivity index (χ4v) is 3.47. The van der Waals surface area contributed by atoms with Crippen molar-refractivity contribution >= 4 is 17.5 Å². The lowest BCUT2D eigenvalue weighted by molar-refractivity contribution is -0.122. The van der Waals surface area contributed by atoms with Crippen molar-refractivity contribution in [3.8, 4) is 0 Å². The third kappa shape index (κ3) is 5.38. The summed E-state index contributed by atoms with van der Waals surface area (Å²) < 4.78 is 13.0. The van der Waals surface area contributed by atoms with Crippen molar-refractivity contribution in [1.82, 2.24) is 15.2 Å². The number of nitrogens with one attached hydrogen (secondary N) is 2. The van der Waals surface area contributed by atoms with E-state index in [4.69, 9.17) is 0 Å². The first-order valence-electron chi connectivity index (χ1n) is 9.65. The highest BCUT2D eigenvalue weighted by Crippen LogP contribution is 2.21. The van der Waals surface area contributed by atoms with E-state index < -0.39 is 6.04 Å². The summed E-state index contributed by atoms with van der Waals surface area (Å²) in [5.41, 5.74) is 3.06. The molecule has 29 heavy (non-hydrogen) atoms. The summed E-state index contributed by atoms with van der Waals surface area (Å²) in [6.07, 6.45) is 0. The molecule has 2 rings (SSSR count). The second-order valence-electron chi connectivity index (χ2n) is 7.19. The summed E-state index contributed by atoms with van der Waals surface area (Å²) >= 11 is 0. The van der Waals surface area contributed by atoms with Gasteiger partial charge in [0, 0.05) is 17.8 Å². The van der Waals surface area contributed by atoms with Crippen molar-refractivity contribution in [1.29, 1.82) is 0 Å². The van der Waals surface area contributed by atoms with Crippen LogP contribution in [0.15, 0.2) is 24.3 Å². The SMILES string of the molecule is CCN(CC(=O)NCc1ccc(F)cc1)C(C)C(=O)c1[nH]c(C)c(C(C)=O)c1C. The van der Waals surface area contributed by atoms with Crippen LogP contribution in [0.5, 0.6) is 0 Å². The molecule has 0 bridgehead atoms. The Balaban J connectivity index is 2.04. The van der Waals surface area contributed by atoms with Crippen LogP contribution in [-0.2, 0) is 11.3 Å². The summed E-state index contributed by atoms with van der Waals surface area (Å²) in [4.78, 5) is 42.0. The Labute approximate surface area is 170 Å². The van der Waals surface area contributed by atoms with Gasteiger partial charge in [0.05, 0.1) is 18.3 Å². The second-order valence-corrected chi connectivity index (χ2v) is 7.19. The number of carbonyl (C=O) groups excluding carboxylic acids is 3. The van der Waals surface area contributed by atoms with Crippen molar-refractivity contribution < 1.29 is 18.8 Å². The predicted molar refractivity (Wildman–Crippen MR) is 110 cm³/mol. The number of hydrogen-bond donors (Lipinski definition) is 2. The van der Waals surface area contributed by atoms with Crippen molar-refractivity contribution in [3.63, 3.8) is 0 Å². The minimum absolute atomic E-state index is 0.0584. The minimum Gasteiger partial charge on any atom is -0.355 e. The third-order valence-electron chi connectivity index (χ3n) is 5.12. The Morgan fingerprint density at radius 2 is 1.79 bits per heavy atom. The van der Waals surface area contributed by atoms with Crippen LogP contribution in [-0.4, -0.2) is 46.5 Å². The fraction of sp³-hybridized carbons (Fsp3) is 0.409. The van der Waals surface area contributed by atoms with E-state index in [1.807, 2.05) is 6.92 Å². The highest BCUT2D eigenvalue weighted by molar-refractivity contribution is 6.05. The van der Waals surface area contributed by atoms with E-state index in [-0.39, 0.29) is 36.4 Å². The van der Waals surface area contributed by atoms with Crippen molar-refractivity contribution in [2.24, 2.45) is 0 Å². The molecule has 6 nitrogen and oxygen atoms in total. The first-order chi connectivity index (χ1) is 13.6. The minimum atomic E-state index is -0.534. The number of aryl methyl sites for hydroxylation is 1. The van der Waals surface area contributed by atoms with Crippen LogP contribution in [0.1, 0.15) is 58.4 Å². The Morgan fingerprint density at radius 1 is 1.17 bits per heavy atom. The number of ketones is 2. The number of aromatic nitrogens is 1. The molecule has 0 aliphatic rings. The lowest BCUT2D eigenvalue weighted by atomic mass is 10.0. The van der Waals surface area contributed by atoms with E-state index in [9.17, 15) is 18.8 Å². The summed E-state index contributed by atoms with van der Waals surface area (Å²) in [5, 5.41) is 2.79. The molecule has 1 amide bonds. The summed E-state index contributed by atoms with van der Waals surface area (Å²) in [6, 6.07) is 5.38. The van der Waals surface area contributed by atoms with E-state index in [1.165, 1.54) is 19.1 Å². The van der Waals surface area contributed by atoms with Gasteiger partial charge in [0.1, 0.15) is 5.82 Å². The average Bonchev–Trinajstić information content (AvgIpc) is 2.98. The summed E-state index contributed by atoms with van der Waals surface area (Å²) in [6.45, 7) is 9.49. The Morgan fingerprint density at radius 3 is 2.31 bits per heavy atom.